The zero-order valence-electron chi connectivity index (χ0n) is 5.35. The second-order valence-corrected chi connectivity index (χ2v) is 2.89. The van der Waals surface area contributed by atoms with Crippen LogP contribution in [-0.2, 0) is 4.74 Å². The van der Waals surface area contributed by atoms with Gasteiger partial charge in [0.05, 0.1) is 18.3 Å². The van der Waals surface area contributed by atoms with E-state index in [9.17, 15) is 0 Å². The van der Waals surface area contributed by atoms with Crippen LogP contribution in [-0.4, -0.2) is 23.4 Å². The van der Waals surface area contributed by atoms with Crippen LogP contribution in [0.2, 0.25) is 0 Å². The van der Waals surface area contributed by atoms with Gasteiger partial charge < -0.3 is 9.84 Å². The van der Waals surface area contributed by atoms with Crippen molar-refractivity contribution in [3.63, 3.8) is 0 Å². The standard InChI is InChI=1S/C6H12O2/c1-6(2)3-5(4-7)8-6/h5,7H,3-4H2,1-2H3/t5-/m1/s1. The third-order valence-corrected chi connectivity index (χ3v) is 1.41. The Bertz CT molecular complexity index is 80.5. The van der Waals surface area contributed by atoms with E-state index >= 15 is 0 Å². The van der Waals surface area contributed by atoms with Crippen molar-refractivity contribution in [2.45, 2.75) is 32.0 Å². The quantitative estimate of drug-likeness (QED) is 0.542. The van der Waals surface area contributed by atoms with Gasteiger partial charge in [0, 0.05) is 6.42 Å². The molecule has 48 valence electrons. The van der Waals surface area contributed by atoms with Gasteiger partial charge in [-0.15, -0.1) is 0 Å². The Morgan fingerprint density at radius 1 is 1.75 bits per heavy atom. The van der Waals surface area contributed by atoms with E-state index in [4.69, 9.17) is 9.84 Å². The first-order valence-electron chi connectivity index (χ1n) is 2.93. The summed E-state index contributed by atoms with van der Waals surface area (Å²) in [6.45, 7) is 4.22. The fourth-order valence-corrected chi connectivity index (χ4v) is 1.09. The molecule has 1 aliphatic rings. The molecule has 0 aromatic carbocycles. The van der Waals surface area contributed by atoms with Crippen molar-refractivity contribution in [2.24, 2.45) is 0 Å². The maximum atomic E-state index is 8.49. The molecule has 1 heterocycles. The molecule has 1 fully saturated rings. The molecule has 2 heteroatoms. The first kappa shape index (κ1) is 6.05. The Morgan fingerprint density at radius 3 is 2.38 bits per heavy atom. The molecule has 1 atom stereocenters. The number of hydrogen-bond donors (Lipinski definition) is 1. The maximum Gasteiger partial charge on any atom is 0.0840 e. The minimum Gasteiger partial charge on any atom is -0.394 e. The van der Waals surface area contributed by atoms with Crippen LogP contribution in [0.3, 0.4) is 0 Å². The van der Waals surface area contributed by atoms with Gasteiger partial charge in [-0.05, 0) is 13.8 Å². The molecule has 0 saturated carbocycles. The van der Waals surface area contributed by atoms with Crippen molar-refractivity contribution in [3.05, 3.63) is 0 Å². The Balaban J connectivity index is 2.21. The van der Waals surface area contributed by atoms with E-state index in [0.717, 1.165) is 6.42 Å². The first-order chi connectivity index (χ1) is 3.64. The molecule has 1 saturated heterocycles. The topological polar surface area (TPSA) is 29.5 Å². The third-order valence-electron chi connectivity index (χ3n) is 1.41. The van der Waals surface area contributed by atoms with E-state index in [1.807, 2.05) is 13.8 Å². The molecule has 0 unspecified atom stereocenters. The summed E-state index contributed by atoms with van der Waals surface area (Å²) >= 11 is 0. The predicted octanol–water partition coefficient (Wildman–Crippen LogP) is 0.546. The molecule has 0 spiro atoms. The summed E-state index contributed by atoms with van der Waals surface area (Å²) in [5.41, 5.74) is 0.0351. The van der Waals surface area contributed by atoms with Crippen LogP contribution in [0.15, 0.2) is 0 Å². The lowest BCUT2D eigenvalue weighted by atomic mass is 9.94. The smallest absolute Gasteiger partial charge is 0.0840 e. The van der Waals surface area contributed by atoms with Gasteiger partial charge in [-0.2, -0.15) is 0 Å². The van der Waals surface area contributed by atoms with Crippen LogP contribution in [0.1, 0.15) is 20.3 Å². The number of hydrogen-bond acceptors (Lipinski definition) is 2. The molecule has 0 aromatic heterocycles. The molecule has 0 bridgehead atoms. The Kier molecular flexibility index (Phi) is 1.29. The van der Waals surface area contributed by atoms with Crippen molar-refractivity contribution < 1.29 is 9.84 Å². The normalized spacial score (nSPS) is 34.1. The highest BCUT2D eigenvalue weighted by Gasteiger charge is 2.36. The van der Waals surface area contributed by atoms with Crippen LogP contribution in [0.25, 0.3) is 0 Å². The minimum absolute atomic E-state index is 0.0351. The lowest BCUT2D eigenvalue weighted by Crippen LogP contribution is -2.47. The van der Waals surface area contributed by atoms with Gasteiger partial charge in [-0.3, -0.25) is 0 Å². The fourth-order valence-electron chi connectivity index (χ4n) is 1.09. The molecule has 8 heavy (non-hydrogen) atoms. The van der Waals surface area contributed by atoms with Gasteiger partial charge >= 0.3 is 0 Å². The van der Waals surface area contributed by atoms with Gasteiger partial charge in [-0.25, -0.2) is 0 Å². The summed E-state index contributed by atoms with van der Waals surface area (Å²) in [5, 5.41) is 8.49. The molecule has 0 aliphatic carbocycles. The highest BCUT2D eigenvalue weighted by atomic mass is 16.5. The number of aliphatic hydroxyl groups is 1. The number of aliphatic hydroxyl groups excluding tert-OH is 1. The minimum atomic E-state index is 0.0351. The summed E-state index contributed by atoms with van der Waals surface area (Å²) in [5.74, 6) is 0. The highest BCUT2D eigenvalue weighted by Crippen LogP contribution is 2.30. The zero-order chi connectivity index (χ0) is 6.20. The van der Waals surface area contributed by atoms with Crippen molar-refractivity contribution in [3.8, 4) is 0 Å². The lowest BCUT2D eigenvalue weighted by Gasteiger charge is -2.42. The molecule has 1 rings (SSSR count). The second-order valence-electron chi connectivity index (χ2n) is 2.89. The van der Waals surface area contributed by atoms with E-state index in [1.54, 1.807) is 0 Å². The van der Waals surface area contributed by atoms with Gasteiger partial charge in [-0.1, -0.05) is 0 Å². The maximum absolute atomic E-state index is 8.49. The van der Waals surface area contributed by atoms with E-state index in [1.165, 1.54) is 0 Å². The van der Waals surface area contributed by atoms with Crippen molar-refractivity contribution in [2.75, 3.05) is 6.61 Å². The zero-order valence-corrected chi connectivity index (χ0v) is 5.35. The number of ether oxygens (including phenoxy) is 1. The monoisotopic (exact) mass is 116 g/mol. The van der Waals surface area contributed by atoms with E-state index in [-0.39, 0.29) is 18.3 Å². The van der Waals surface area contributed by atoms with Crippen molar-refractivity contribution >= 4 is 0 Å². The Morgan fingerprint density at radius 2 is 2.25 bits per heavy atom. The fraction of sp³-hybridized carbons (Fsp3) is 1.00. The highest BCUT2D eigenvalue weighted by molar-refractivity contribution is 4.84. The van der Waals surface area contributed by atoms with Crippen molar-refractivity contribution in [1.82, 2.24) is 0 Å². The Hall–Kier alpha value is -0.0800. The van der Waals surface area contributed by atoms with E-state index in [2.05, 4.69) is 0 Å². The SMILES string of the molecule is CC1(C)C[C@H](CO)O1. The predicted molar refractivity (Wildman–Crippen MR) is 30.7 cm³/mol. The van der Waals surface area contributed by atoms with Crippen LogP contribution in [0, 0.1) is 0 Å². The van der Waals surface area contributed by atoms with Crippen LogP contribution < -0.4 is 0 Å². The second kappa shape index (κ2) is 1.71. The third kappa shape index (κ3) is 1.01. The first-order valence-corrected chi connectivity index (χ1v) is 2.93. The van der Waals surface area contributed by atoms with Crippen LogP contribution in [0.4, 0.5) is 0 Å². The number of rotatable bonds is 1. The molecule has 2 nitrogen and oxygen atoms in total. The van der Waals surface area contributed by atoms with E-state index < -0.39 is 0 Å². The summed E-state index contributed by atoms with van der Waals surface area (Å²) in [7, 11) is 0. The average molecular weight is 116 g/mol. The van der Waals surface area contributed by atoms with Gasteiger partial charge in [0.15, 0.2) is 0 Å². The summed E-state index contributed by atoms with van der Waals surface area (Å²) in [4.78, 5) is 0. The molecule has 0 radical (unpaired) electrons. The molecular formula is C6H12O2. The van der Waals surface area contributed by atoms with Crippen LogP contribution >= 0.6 is 0 Å². The summed E-state index contributed by atoms with van der Waals surface area (Å²) in [6, 6.07) is 0. The molecule has 0 amide bonds. The van der Waals surface area contributed by atoms with Gasteiger partial charge in [0.1, 0.15) is 0 Å². The van der Waals surface area contributed by atoms with Gasteiger partial charge in [0.2, 0.25) is 0 Å². The lowest BCUT2D eigenvalue weighted by molar-refractivity contribution is -0.197. The molecule has 0 aromatic rings. The molecular weight excluding hydrogens is 104 g/mol. The largest absolute Gasteiger partial charge is 0.394 e. The van der Waals surface area contributed by atoms with Gasteiger partial charge in [0.25, 0.3) is 0 Å². The molecule has 1 N–H and O–H groups in total. The summed E-state index contributed by atoms with van der Waals surface area (Å²) in [6.07, 6.45) is 1.11. The Labute approximate surface area is 49.5 Å². The van der Waals surface area contributed by atoms with Crippen molar-refractivity contribution in [1.29, 1.82) is 0 Å². The van der Waals surface area contributed by atoms with E-state index in [0.29, 0.717) is 0 Å². The average Bonchev–Trinajstić information content (AvgIpc) is 1.60. The van der Waals surface area contributed by atoms with Crippen LogP contribution in [0.5, 0.6) is 0 Å². The molecule has 1 aliphatic heterocycles. The summed E-state index contributed by atoms with van der Waals surface area (Å²) < 4.78 is 5.23.